The van der Waals surface area contributed by atoms with Crippen LogP contribution in [0.4, 0.5) is 0 Å². The number of carbonyl (C=O) groups excluding carboxylic acids is 1. The van der Waals surface area contributed by atoms with Crippen molar-refractivity contribution in [3.05, 3.63) is 51.9 Å². The molecular weight excluding hydrogens is 332 g/mol. The fraction of sp³-hybridized carbons (Fsp3) is 0.188. The first-order chi connectivity index (χ1) is 11.1. The van der Waals surface area contributed by atoms with Crippen molar-refractivity contribution in [2.45, 2.75) is 17.9 Å². The molecule has 0 saturated heterocycles. The molecule has 0 aliphatic carbocycles. The smallest absolute Gasteiger partial charge is 0.260 e. The molecule has 0 bridgehead atoms. The number of nitrogens with zero attached hydrogens (tertiary/aromatic N) is 1. The lowest BCUT2D eigenvalue weighted by molar-refractivity contribution is -0.304. The summed E-state index contributed by atoms with van der Waals surface area (Å²) < 4.78 is 0. The summed E-state index contributed by atoms with van der Waals surface area (Å²) in [5.74, 6) is -0.332. The van der Waals surface area contributed by atoms with E-state index in [1.807, 2.05) is 35.7 Å². The van der Waals surface area contributed by atoms with Crippen LogP contribution in [0.25, 0.3) is 21.3 Å². The Morgan fingerprint density at radius 3 is 2.83 bits per heavy atom. The molecular formula is C16H13N2O3S2-. The zero-order chi connectivity index (χ0) is 16.4. The van der Waals surface area contributed by atoms with Crippen molar-refractivity contribution in [1.29, 1.82) is 0 Å². The van der Waals surface area contributed by atoms with Crippen LogP contribution in [0, 0.1) is 0 Å². The summed E-state index contributed by atoms with van der Waals surface area (Å²) in [6, 6.07) is 9.67. The van der Waals surface area contributed by atoms with Crippen LogP contribution in [0.3, 0.4) is 0 Å². The molecule has 0 aliphatic rings. The van der Waals surface area contributed by atoms with Crippen molar-refractivity contribution in [3.8, 4) is 11.1 Å². The van der Waals surface area contributed by atoms with Crippen LogP contribution in [0.5, 0.6) is 0 Å². The fourth-order valence-corrected chi connectivity index (χ4v) is 3.81. The van der Waals surface area contributed by atoms with Gasteiger partial charge in [0, 0.05) is 16.2 Å². The lowest BCUT2D eigenvalue weighted by Gasteiger charge is -2.11. The van der Waals surface area contributed by atoms with Crippen LogP contribution in [0.15, 0.2) is 40.5 Å². The first kappa shape index (κ1) is 15.8. The van der Waals surface area contributed by atoms with Crippen molar-refractivity contribution >= 4 is 39.3 Å². The Morgan fingerprint density at radius 1 is 1.39 bits per heavy atom. The molecule has 1 atom stereocenters. The largest absolute Gasteiger partial charge is 0.549 e. The number of rotatable bonds is 5. The summed E-state index contributed by atoms with van der Waals surface area (Å²) in [4.78, 5) is 31.0. The van der Waals surface area contributed by atoms with Crippen molar-refractivity contribution in [3.63, 3.8) is 0 Å². The number of benzene rings is 1. The third-order valence-corrected chi connectivity index (χ3v) is 5.38. The number of aromatic nitrogens is 2. The van der Waals surface area contributed by atoms with Gasteiger partial charge in [-0.2, -0.15) is 0 Å². The van der Waals surface area contributed by atoms with E-state index in [1.54, 1.807) is 6.92 Å². The van der Waals surface area contributed by atoms with Crippen molar-refractivity contribution in [2.24, 2.45) is 0 Å². The standard InChI is InChI=1S/C16H14N2O3S2/c1-9(16(20)21)22-8-12-17-14(19)13-11(7-23-15(13)18-12)10-5-3-2-4-6-10/h2-7,9H,8H2,1H3,(H,20,21)(H,17,18,19)/p-1/t9-/m1/s1. The molecule has 0 unspecified atom stereocenters. The van der Waals surface area contributed by atoms with Crippen molar-refractivity contribution in [2.75, 3.05) is 0 Å². The van der Waals surface area contributed by atoms with E-state index in [4.69, 9.17) is 0 Å². The zero-order valence-electron chi connectivity index (χ0n) is 12.2. The summed E-state index contributed by atoms with van der Waals surface area (Å²) in [6.45, 7) is 1.55. The van der Waals surface area contributed by atoms with E-state index in [-0.39, 0.29) is 5.56 Å². The van der Waals surface area contributed by atoms with E-state index in [2.05, 4.69) is 9.97 Å². The molecule has 0 aliphatic heterocycles. The monoisotopic (exact) mass is 345 g/mol. The van der Waals surface area contributed by atoms with Gasteiger partial charge in [0.1, 0.15) is 10.7 Å². The maximum atomic E-state index is 12.4. The molecule has 0 saturated carbocycles. The Labute approximate surface area is 140 Å². The first-order valence-electron chi connectivity index (χ1n) is 6.94. The number of thiophene rings is 1. The lowest BCUT2D eigenvalue weighted by Crippen LogP contribution is -2.31. The van der Waals surface area contributed by atoms with Gasteiger partial charge in [0.15, 0.2) is 0 Å². The molecule has 7 heteroatoms. The Hall–Kier alpha value is -2.12. The van der Waals surface area contributed by atoms with Crippen LogP contribution in [0.1, 0.15) is 12.7 Å². The number of H-pyrrole nitrogens is 1. The third-order valence-electron chi connectivity index (χ3n) is 3.38. The van der Waals surface area contributed by atoms with E-state index in [0.29, 0.717) is 21.8 Å². The van der Waals surface area contributed by atoms with Gasteiger partial charge in [-0.25, -0.2) is 4.98 Å². The van der Waals surface area contributed by atoms with Gasteiger partial charge in [0.2, 0.25) is 0 Å². The Kier molecular flexibility index (Phi) is 4.49. The minimum atomic E-state index is -1.12. The molecule has 3 rings (SSSR count). The van der Waals surface area contributed by atoms with Gasteiger partial charge >= 0.3 is 0 Å². The molecule has 2 heterocycles. The van der Waals surface area contributed by atoms with E-state index < -0.39 is 11.2 Å². The van der Waals surface area contributed by atoms with Crippen LogP contribution in [-0.2, 0) is 10.5 Å². The summed E-state index contributed by atoms with van der Waals surface area (Å²) in [6.07, 6.45) is 0. The van der Waals surface area contributed by atoms with Gasteiger partial charge in [-0.15, -0.1) is 23.1 Å². The molecule has 1 aromatic carbocycles. The number of hydrogen-bond acceptors (Lipinski definition) is 6. The number of aliphatic carboxylic acids is 1. The highest BCUT2D eigenvalue weighted by Crippen LogP contribution is 2.30. The van der Waals surface area contributed by atoms with Gasteiger partial charge in [0.25, 0.3) is 5.56 Å². The number of carboxylic acid groups (broad SMARTS) is 1. The number of aromatic amines is 1. The van der Waals surface area contributed by atoms with E-state index in [9.17, 15) is 14.7 Å². The summed E-state index contributed by atoms with van der Waals surface area (Å²) >= 11 is 2.58. The average molecular weight is 345 g/mol. The van der Waals surface area contributed by atoms with Crippen LogP contribution < -0.4 is 10.7 Å². The molecule has 23 heavy (non-hydrogen) atoms. The Morgan fingerprint density at radius 2 is 2.13 bits per heavy atom. The molecule has 0 radical (unpaired) electrons. The van der Waals surface area contributed by atoms with Gasteiger partial charge in [-0.3, -0.25) is 4.79 Å². The molecule has 5 nitrogen and oxygen atoms in total. The highest BCUT2D eigenvalue weighted by molar-refractivity contribution is 7.99. The predicted octanol–water partition coefficient (Wildman–Crippen LogP) is 2.02. The van der Waals surface area contributed by atoms with Gasteiger partial charge in [0.05, 0.1) is 17.1 Å². The topological polar surface area (TPSA) is 85.9 Å². The summed E-state index contributed by atoms with van der Waals surface area (Å²) in [5.41, 5.74) is 1.63. The van der Waals surface area contributed by atoms with Crippen LogP contribution in [-0.4, -0.2) is 21.2 Å². The average Bonchev–Trinajstić information content (AvgIpc) is 2.98. The third kappa shape index (κ3) is 3.30. The summed E-state index contributed by atoms with van der Waals surface area (Å²) in [7, 11) is 0. The van der Waals surface area contributed by atoms with Crippen LogP contribution in [0.2, 0.25) is 0 Å². The van der Waals surface area contributed by atoms with Crippen molar-refractivity contribution < 1.29 is 9.90 Å². The van der Waals surface area contributed by atoms with Crippen molar-refractivity contribution in [1.82, 2.24) is 9.97 Å². The lowest BCUT2D eigenvalue weighted by atomic mass is 10.1. The molecule has 1 N–H and O–H groups in total. The number of fused-ring (bicyclic) bond motifs is 1. The number of carboxylic acids is 1. The zero-order valence-corrected chi connectivity index (χ0v) is 13.9. The first-order valence-corrected chi connectivity index (χ1v) is 8.87. The second kappa shape index (κ2) is 6.55. The second-order valence-electron chi connectivity index (χ2n) is 4.98. The van der Waals surface area contributed by atoms with Gasteiger partial charge in [-0.05, 0) is 12.5 Å². The number of hydrogen-bond donors (Lipinski definition) is 1. The molecule has 0 fully saturated rings. The number of thioether (sulfide) groups is 1. The van der Waals surface area contributed by atoms with Gasteiger partial charge in [-0.1, -0.05) is 30.3 Å². The van der Waals surface area contributed by atoms with Gasteiger partial charge < -0.3 is 14.9 Å². The summed E-state index contributed by atoms with van der Waals surface area (Å²) in [5, 5.41) is 12.6. The maximum Gasteiger partial charge on any atom is 0.260 e. The SMILES string of the molecule is C[C@@H](SCc1nc2scc(-c3ccccc3)c2c(=O)[nH]1)C(=O)[O-]. The molecule has 0 spiro atoms. The quantitative estimate of drug-likeness (QED) is 0.764. The van der Waals surface area contributed by atoms with E-state index in [0.717, 1.165) is 11.1 Å². The number of carbonyl (C=O) groups is 1. The maximum absolute atomic E-state index is 12.4. The predicted molar refractivity (Wildman–Crippen MR) is 91.4 cm³/mol. The van der Waals surface area contributed by atoms with E-state index >= 15 is 0 Å². The molecule has 118 valence electrons. The van der Waals surface area contributed by atoms with Crippen LogP contribution >= 0.6 is 23.1 Å². The molecule has 3 aromatic rings. The minimum absolute atomic E-state index is 0.202. The minimum Gasteiger partial charge on any atom is -0.549 e. The second-order valence-corrected chi connectivity index (χ2v) is 7.17. The Bertz CT molecular complexity index is 903. The van der Waals surface area contributed by atoms with E-state index in [1.165, 1.54) is 23.1 Å². The normalized spacial score (nSPS) is 12.4. The molecule has 0 amide bonds. The fourth-order valence-electron chi connectivity index (χ4n) is 2.16. The molecule has 2 aromatic heterocycles. The highest BCUT2D eigenvalue weighted by atomic mass is 32.2. The highest BCUT2D eigenvalue weighted by Gasteiger charge is 2.13. The number of nitrogens with one attached hydrogen (secondary N) is 1. The Balaban J connectivity index is 1.95.